The summed E-state index contributed by atoms with van der Waals surface area (Å²) in [5.74, 6) is 0. The van der Waals surface area contributed by atoms with Crippen molar-refractivity contribution in [3.8, 4) is 0 Å². The summed E-state index contributed by atoms with van der Waals surface area (Å²) in [6.07, 6.45) is 0. The molecule has 0 unspecified atom stereocenters. The molecule has 0 aromatic rings. The maximum atomic E-state index is 0. The molecule has 11 heteroatoms. The molecule has 0 spiro atoms. The van der Waals surface area contributed by atoms with Gasteiger partial charge >= 0.3 is 99.0 Å². The summed E-state index contributed by atoms with van der Waals surface area (Å²) >= 11 is 0. The molecular formula is H15Fe6Ga5. The van der Waals surface area contributed by atoms with Crippen molar-refractivity contribution in [3.05, 3.63) is 0 Å². The van der Waals surface area contributed by atoms with Gasteiger partial charge < -0.3 is 0 Å². The molecule has 0 aliphatic carbocycles. The third kappa shape index (κ3) is 84.0. The van der Waals surface area contributed by atoms with Gasteiger partial charge in [-0.15, -0.1) is 0 Å². The number of hydrogen-bond acceptors (Lipinski definition) is 0. The van der Waals surface area contributed by atoms with Gasteiger partial charge in [0.2, 0.25) is 0 Å². The second-order valence-electron chi connectivity index (χ2n) is 0. The van der Waals surface area contributed by atoms with E-state index in [-0.39, 0.29) is 201 Å². The van der Waals surface area contributed by atoms with Gasteiger partial charge in [0.05, 0.1) is 0 Å². The first-order valence-corrected chi connectivity index (χ1v) is 0. The van der Waals surface area contributed by atoms with Gasteiger partial charge in [-0.25, -0.2) is 0 Å². The van der Waals surface area contributed by atoms with Crippen LogP contribution in [-0.4, -0.2) is 99.0 Å². The van der Waals surface area contributed by atoms with Crippen LogP contribution in [0.4, 0.5) is 0 Å². The predicted molar refractivity (Wildman–Crippen MR) is 49.7 cm³/mol. The minimum absolute atomic E-state index is 0. The summed E-state index contributed by atoms with van der Waals surface area (Å²) in [5, 5.41) is 0. The monoisotopic (exact) mass is 695 g/mol. The molecule has 0 bridgehead atoms. The zero-order valence-corrected chi connectivity index (χ0v) is 8.75. The molecule has 0 fully saturated rings. The Hall–Kier alpha value is 6.30. The average Bonchev–Trinajstić information content (AvgIpc) is 0. The SMILES string of the molecule is [Fe].[Fe].[Fe].[Fe].[Fe].[Fe].[GaH3].[GaH3].[GaH3].[GaH3].[GaH3]. The van der Waals surface area contributed by atoms with Crippen LogP contribution in [0.5, 0.6) is 0 Å². The fourth-order valence-electron chi connectivity index (χ4n) is 0. The van der Waals surface area contributed by atoms with Crippen molar-refractivity contribution in [3.63, 3.8) is 0 Å². The fraction of sp³-hybridized carbons (Fsp3) is 0. The van der Waals surface area contributed by atoms with Crippen LogP contribution < -0.4 is 0 Å². The molecular weight excluding hydrogens is 684 g/mol. The van der Waals surface area contributed by atoms with E-state index in [0.29, 0.717) is 0 Å². The molecule has 78 valence electrons. The summed E-state index contributed by atoms with van der Waals surface area (Å²) in [4.78, 5) is 0. The molecule has 0 radical (unpaired) electrons. The van der Waals surface area contributed by atoms with Gasteiger partial charge in [0.15, 0.2) is 0 Å². The maximum absolute atomic E-state index is 0. The molecule has 0 atom stereocenters. The average molecular weight is 699 g/mol. The van der Waals surface area contributed by atoms with E-state index in [1.54, 1.807) is 0 Å². The van der Waals surface area contributed by atoms with Crippen molar-refractivity contribution < 1.29 is 102 Å². The molecule has 0 amide bonds. The van der Waals surface area contributed by atoms with Crippen LogP contribution >= 0.6 is 0 Å². The molecule has 0 aliphatic heterocycles. The van der Waals surface area contributed by atoms with Gasteiger partial charge in [0.25, 0.3) is 0 Å². The summed E-state index contributed by atoms with van der Waals surface area (Å²) in [7, 11) is 0. The van der Waals surface area contributed by atoms with Crippen molar-refractivity contribution in [1.82, 2.24) is 0 Å². The molecule has 0 aromatic carbocycles. The summed E-state index contributed by atoms with van der Waals surface area (Å²) < 4.78 is 0. The molecule has 0 heterocycles. The second-order valence-corrected chi connectivity index (χ2v) is 0. The van der Waals surface area contributed by atoms with E-state index >= 15 is 0 Å². The van der Waals surface area contributed by atoms with Gasteiger partial charge in [-0.1, -0.05) is 0 Å². The normalized spacial score (nSPS) is 0. The Bertz CT molecular complexity index is 10.9. The van der Waals surface area contributed by atoms with Crippen LogP contribution in [0.25, 0.3) is 0 Å². The van der Waals surface area contributed by atoms with E-state index in [1.165, 1.54) is 0 Å². The Morgan fingerprint density at radius 1 is 0.182 bits per heavy atom. The van der Waals surface area contributed by atoms with E-state index in [1.807, 2.05) is 0 Å². The van der Waals surface area contributed by atoms with E-state index < -0.39 is 0 Å². The van der Waals surface area contributed by atoms with Crippen molar-refractivity contribution in [2.45, 2.75) is 0 Å². The summed E-state index contributed by atoms with van der Waals surface area (Å²) in [6.45, 7) is 0. The van der Waals surface area contributed by atoms with E-state index in [0.717, 1.165) is 0 Å². The number of hydrogen-bond donors (Lipinski definition) is 0. The van der Waals surface area contributed by atoms with Crippen LogP contribution in [0.3, 0.4) is 0 Å². The quantitative estimate of drug-likeness (QED) is 0.222. The topological polar surface area (TPSA) is 0 Å². The minimum atomic E-state index is 0. The summed E-state index contributed by atoms with van der Waals surface area (Å²) in [6, 6.07) is 0. The zero-order chi connectivity index (χ0) is 0. The van der Waals surface area contributed by atoms with Gasteiger partial charge in [0.1, 0.15) is 0 Å². The first-order chi connectivity index (χ1) is 0. The Balaban J connectivity index is 0. The molecule has 0 aliphatic rings. The first kappa shape index (κ1) is 116. The van der Waals surface area contributed by atoms with Gasteiger partial charge in [-0.2, -0.15) is 0 Å². The van der Waals surface area contributed by atoms with Crippen molar-refractivity contribution in [2.75, 3.05) is 0 Å². The molecule has 0 rings (SSSR count). The van der Waals surface area contributed by atoms with Gasteiger partial charge in [-0.05, 0) is 0 Å². The molecule has 0 nitrogen and oxygen atoms in total. The van der Waals surface area contributed by atoms with Crippen LogP contribution in [0, 0.1) is 0 Å². The molecule has 0 saturated carbocycles. The zero-order valence-electron chi connectivity index (χ0n) is 2.12. The van der Waals surface area contributed by atoms with E-state index in [4.69, 9.17) is 0 Å². The second kappa shape index (κ2) is 96.2. The number of rotatable bonds is 0. The standard InChI is InChI=1S/6Fe.5Ga.15H. The summed E-state index contributed by atoms with van der Waals surface area (Å²) in [5.41, 5.74) is 0. The van der Waals surface area contributed by atoms with Crippen molar-refractivity contribution in [2.24, 2.45) is 0 Å². The Labute approximate surface area is 197 Å². The molecule has 0 N–H and O–H groups in total. The van der Waals surface area contributed by atoms with Crippen LogP contribution in [0.1, 0.15) is 0 Å². The van der Waals surface area contributed by atoms with Crippen LogP contribution in [0.2, 0.25) is 0 Å². The van der Waals surface area contributed by atoms with Crippen LogP contribution in [0.15, 0.2) is 0 Å². The predicted octanol–water partition coefficient (Wildman–Crippen LogP) is -5.93. The van der Waals surface area contributed by atoms with Gasteiger partial charge in [0, 0.05) is 102 Å². The third-order valence-electron chi connectivity index (χ3n) is 0. The molecule has 0 saturated heterocycles. The Kier molecular flexibility index (Phi) is 1010. The van der Waals surface area contributed by atoms with E-state index in [9.17, 15) is 0 Å². The molecule has 11 heavy (non-hydrogen) atoms. The van der Waals surface area contributed by atoms with Crippen molar-refractivity contribution in [1.29, 1.82) is 0 Å². The van der Waals surface area contributed by atoms with Gasteiger partial charge in [-0.3, -0.25) is 0 Å². The fourth-order valence-corrected chi connectivity index (χ4v) is 0. The Morgan fingerprint density at radius 3 is 0.182 bits per heavy atom. The Morgan fingerprint density at radius 2 is 0.182 bits per heavy atom. The van der Waals surface area contributed by atoms with Crippen molar-refractivity contribution >= 4 is 99.0 Å². The van der Waals surface area contributed by atoms with E-state index in [2.05, 4.69) is 0 Å². The van der Waals surface area contributed by atoms with Crippen LogP contribution in [-0.2, 0) is 102 Å². The molecule has 0 aromatic heterocycles. The third-order valence-corrected chi connectivity index (χ3v) is 0. The first-order valence-electron chi connectivity index (χ1n) is 0.